The van der Waals surface area contributed by atoms with Crippen LogP contribution in [0.2, 0.25) is 0 Å². The lowest BCUT2D eigenvalue weighted by atomic mass is 10.0. The number of aromatic nitrogens is 5. The van der Waals surface area contributed by atoms with Gasteiger partial charge in [-0.1, -0.05) is 19.9 Å². The topological polar surface area (TPSA) is 187 Å². The minimum absolute atomic E-state index is 0.0214. The summed E-state index contributed by atoms with van der Waals surface area (Å²) in [5, 5.41) is 13.9. The van der Waals surface area contributed by atoms with Gasteiger partial charge in [-0.05, 0) is 30.5 Å². The molecule has 0 bridgehead atoms. The van der Waals surface area contributed by atoms with Crippen molar-refractivity contribution in [3.63, 3.8) is 0 Å². The number of H-pyrrole nitrogens is 1. The first-order valence-corrected chi connectivity index (χ1v) is 9.48. The van der Waals surface area contributed by atoms with Crippen molar-refractivity contribution in [2.75, 3.05) is 10.6 Å². The molecule has 0 aliphatic heterocycles. The number of amides is 2. The van der Waals surface area contributed by atoms with E-state index in [1.54, 1.807) is 24.3 Å². The van der Waals surface area contributed by atoms with Crippen molar-refractivity contribution >= 4 is 29.3 Å². The largest absolute Gasteiger partial charge is 0.368 e. The molecule has 1 unspecified atom stereocenters. The molecule has 1 aromatic carbocycles. The van der Waals surface area contributed by atoms with Crippen LogP contribution < -0.4 is 27.7 Å². The normalized spacial score (nSPS) is 11.8. The maximum absolute atomic E-state index is 12.5. The molecule has 0 fully saturated rings. The Hall–Kier alpha value is -4.22. The van der Waals surface area contributed by atoms with E-state index in [4.69, 9.17) is 11.5 Å². The van der Waals surface area contributed by atoms with Gasteiger partial charge in [0.1, 0.15) is 11.6 Å². The van der Waals surface area contributed by atoms with Crippen molar-refractivity contribution in [3.8, 4) is 5.69 Å². The molecular formula is C19H23N9O3. The summed E-state index contributed by atoms with van der Waals surface area (Å²) in [6, 6.07) is 6.17. The van der Waals surface area contributed by atoms with Crippen molar-refractivity contribution in [2.24, 2.45) is 17.4 Å². The van der Waals surface area contributed by atoms with Gasteiger partial charge in [-0.3, -0.25) is 19.4 Å². The fourth-order valence-electron chi connectivity index (χ4n) is 2.94. The SMILES string of the molecule is CC(C)CC(Nc1nc(Nc2cccc(-n3nccn3)c2)c(C(N)=O)c(=O)[nH]1)C(N)=O. The second kappa shape index (κ2) is 9.07. The zero-order chi connectivity index (χ0) is 22.5. The molecule has 0 aliphatic rings. The number of primary amides is 2. The molecule has 7 N–H and O–H groups in total. The van der Waals surface area contributed by atoms with Crippen molar-refractivity contribution in [3.05, 3.63) is 52.6 Å². The predicted molar refractivity (Wildman–Crippen MR) is 114 cm³/mol. The van der Waals surface area contributed by atoms with Crippen LogP contribution >= 0.6 is 0 Å². The van der Waals surface area contributed by atoms with Crippen molar-refractivity contribution in [2.45, 2.75) is 26.3 Å². The molecule has 3 aromatic rings. The number of carbonyl (C=O) groups is 2. The molecule has 12 heteroatoms. The van der Waals surface area contributed by atoms with Crippen molar-refractivity contribution < 1.29 is 9.59 Å². The molecule has 3 rings (SSSR count). The molecule has 2 heterocycles. The van der Waals surface area contributed by atoms with Crippen LogP contribution in [0.3, 0.4) is 0 Å². The summed E-state index contributed by atoms with van der Waals surface area (Å²) < 4.78 is 0. The first-order chi connectivity index (χ1) is 14.7. The Balaban J connectivity index is 1.97. The Morgan fingerprint density at radius 2 is 1.90 bits per heavy atom. The summed E-state index contributed by atoms with van der Waals surface area (Å²) in [5.41, 5.74) is 10.9. The van der Waals surface area contributed by atoms with Gasteiger partial charge in [0.2, 0.25) is 11.9 Å². The molecule has 0 radical (unpaired) electrons. The average molecular weight is 425 g/mol. The number of nitrogens with zero attached hydrogens (tertiary/aromatic N) is 4. The number of hydrogen-bond donors (Lipinski definition) is 5. The van der Waals surface area contributed by atoms with Crippen LogP contribution in [0.25, 0.3) is 5.69 Å². The summed E-state index contributed by atoms with van der Waals surface area (Å²) in [4.78, 5) is 44.2. The standard InChI is InChI=1S/C19H23N9O3/c1-10(2)8-13(15(20)29)25-19-26-17(14(16(21)30)18(31)27-19)24-11-4-3-5-12(9-11)28-22-6-7-23-28/h3-7,9-10,13H,8H2,1-2H3,(H2,20,29)(H2,21,30)(H3,24,25,26,27,31). The van der Waals surface area contributed by atoms with E-state index in [0.717, 1.165) is 0 Å². The molecule has 0 saturated heterocycles. The molecule has 2 amide bonds. The third kappa shape index (κ3) is 5.23. The van der Waals surface area contributed by atoms with Crippen LogP contribution in [0.15, 0.2) is 41.5 Å². The van der Waals surface area contributed by atoms with E-state index in [2.05, 4.69) is 30.8 Å². The van der Waals surface area contributed by atoms with Gasteiger partial charge < -0.3 is 22.1 Å². The molecule has 0 saturated carbocycles. The number of nitrogens with two attached hydrogens (primary N) is 2. The van der Waals surface area contributed by atoms with Crippen LogP contribution in [0, 0.1) is 5.92 Å². The summed E-state index contributed by atoms with van der Waals surface area (Å²) in [5.74, 6) is -1.48. The number of nitrogens with one attached hydrogen (secondary N) is 3. The van der Waals surface area contributed by atoms with E-state index < -0.39 is 23.4 Å². The van der Waals surface area contributed by atoms with E-state index in [1.807, 2.05) is 13.8 Å². The Labute approximate surface area is 177 Å². The van der Waals surface area contributed by atoms with Gasteiger partial charge in [0.25, 0.3) is 11.5 Å². The number of anilines is 3. The van der Waals surface area contributed by atoms with Crippen molar-refractivity contribution in [1.29, 1.82) is 0 Å². The van der Waals surface area contributed by atoms with Crippen molar-refractivity contribution in [1.82, 2.24) is 25.0 Å². The second-order valence-electron chi connectivity index (χ2n) is 7.23. The summed E-state index contributed by atoms with van der Waals surface area (Å²) in [6.45, 7) is 3.86. The minimum Gasteiger partial charge on any atom is -0.368 e. The Bertz CT molecular complexity index is 1140. The Morgan fingerprint density at radius 1 is 1.19 bits per heavy atom. The van der Waals surface area contributed by atoms with Crippen LogP contribution in [0.5, 0.6) is 0 Å². The second-order valence-corrected chi connectivity index (χ2v) is 7.23. The van der Waals surface area contributed by atoms with Gasteiger partial charge in [-0.2, -0.15) is 20.0 Å². The van der Waals surface area contributed by atoms with Gasteiger partial charge in [0, 0.05) is 5.69 Å². The van der Waals surface area contributed by atoms with Crippen LogP contribution in [-0.4, -0.2) is 42.8 Å². The van der Waals surface area contributed by atoms with Crippen LogP contribution in [0.1, 0.15) is 30.6 Å². The molecule has 12 nitrogen and oxygen atoms in total. The van der Waals surface area contributed by atoms with E-state index in [9.17, 15) is 14.4 Å². The number of hydrogen-bond acceptors (Lipinski definition) is 8. The molecule has 0 spiro atoms. The number of benzene rings is 1. The van der Waals surface area contributed by atoms with Gasteiger partial charge in [-0.15, -0.1) is 0 Å². The van der Waals surface area contributed by atoms with Gasteiger partial charge in [0.05, 0.1) is 18.1 Å². The highest BCUT2D eigenvalue weighted by Gasteiger charge is 2.21. The Kier molecular flexibility index (Phi) is 6.29. The molecule has 31 heavy (non-hydrogen) atoms. The molecule has 0 aliphatic carbocycles. The lowest BCUT2D eigenvalue weighted by Crippen LogP contribution is -2.38. The molecule has 162 valence electrons. The third-order valence-corrected chi connectivity index (χ3v) is 4.29. The quantitative estimate of drug-likeness (QED) is 0.328. The summed E-state index contributed by atoms with van der Waals surface area (Å²) in [7, 11) is 0. The molecular weight excluding hydrogens is 402 g/mol. The number of aromatic amines is 1. The van der Waals surface area contributed by atoms with Crippen LogP contribution in [0.4, 0.5) is 17.5 Å². The van der Waals surface area contributed by atoms with E-state index in [0.29, 0.717) is 17.8 Å². The van der Waals surface area contributed by atoms with Gasteiger partial charge >= 0.3 is 0 Å². The zero-order valence-corrected chi connectivity index (χ0v) is 17.0. The first kappa shape index (κ1) is 21.5. The zero-order valence-electron chi connectivity index (χ0n) is 17.0. The number of rotatable bonds is 9. The predicted octanol–water partition coefficient (Wildman–Crippen LogP) is 0.505. The monoisotopic (exact) mass is 425 g/mol. The lowest BCUT2D eigenvalue weighted by Gasteiger charge is -2.18. The average Bonchev–Trinajstić information content (AvgIpc) is 3.21. The van der Waals surface area contributed by atoms with E-state index in [1.165, 1.54) is 17.2 Å². The van der Waals surface area contributed by atoms with Gasteiger partial charge in [0.15, 0.2) is 5.82 Å². The number of carbonyl (C=O) groups excluding carboxylic acids is 2. The van der Waals surface area contributed by atoms with E-state index in [-0.39, 0.29) is 23.2 Å². The highest BCUT2D eigenvalue weighted by molar-refractivity contribution is 5.98. The van der Waals surface area contributed by atoms with Gasteiger partial charge in [-0.25, -0.2) is 0 Å². The highest BCUT2D eigenvalue weighted by Crippen LogP contribution is 2.20. The smallest absolute Gasteiger partial charge is 0.267 e. The fraction of sp³-hybridized carbons (Fsp3) is 0.263. The molecule has 2 aromatic heterocycles. The third-order valence-electron chi connectivity index (χ3n) is 4.29. The maximum atomic E-state index is 12.5. The van der Waals surface area contributed by atoms with Crippen LogP contribution in [-0.2, 0) is 4.79 Å². The highest BCUT2D eigenvalue weighted by atomic mass is 16.2. The molecule has 1 atom stereocenters. The Morgan fingerprint density at radius 3 is 2.52 bits per heavy atom. The lowest BCUT2D eigenvalue weighted by molar-refractivity contribution is -0.119. The summed E-state index contributed by atoms with van der Waals surface area (Å²) >= 11 is 0. The van der Waals surface area contributed by atoms with E-state index >= 15 is 0 Å². The fourth-order valence-corrected chi connectivity index (χ4v) is 2.94. The summed E-state index contributed by atoms with van der Waals surface area (Å²) in [6.07, 6.45) is 3.50. The maximum Gasteiger partial charge on any atom is 0.267 e. The minimum atomic E-state index is -0.957. The first-order valence-electron chi connectivity index (χ1n) is 9.48.